The van der Waals surface area contributed by atoms with Gasteiger partial charge in [-0.25, -0.2) is 4.79 Å². The average molecular weight is 755 g/mol. The van der Waals surface area contributed by atoms with E-state index in [-0.39, 0.29) is 31.3 Å². The van der Waals surface area contributed by atoms with Gasteiger partial charge in [-0.3, -0.25) is 4.79 Å². The number of aliphatic hydroxyl groups is 5. The van der Waals surface area contributed by atoms with Crippen LogP contribution in [0, 0.1) is 11.8 Å². The van der Waals surface area contributed by atoms with Crippen molar-refractivity contribution in [1.82, 2.24) is 0 Å². The van der Waals surface area contributed by atoms with Crippen LogP contribution in [0.5, 0.6) is 0 Å². The first-order valence-electron chi connectivity index (χ1n) is 19.1. The van der Waals surface area contributed by atoms with Crippen molar-refractivity contribution in [2.75, 3.05) is 13.7 Å². The monoisotopic (exact) mass is 754 g/mol. The van der Waals surface area contributed by atoms with Gasteiger partial charge in [0.05, 0.1) is 38.6 Å². The highest BCUT2D eigenvalue weighted by molar-refractivity contribution is 5.72. The third-order valence-electron chi connectivity index (χ3n) is 11.2. The number of hydrogen-bond acceptors (Lipinski definition) is 14. The summed E-state index contributed by atoms with van der Waals surface area (Å²) in [6.07, 6.45) is -8.78. The molecule has 0 bridgehead atoms. The Morgan fingerprint density at radius 3 is 2.25 bits per heavy atom. The van der Waals surface area contributed by atoms with Crippen LogP contribution in [-0.4, -0.2) is 136 Å². The molecule has 15 nitrogen and oxygen atoms in total. The Morgan fingerprint density at radius 2 is 1.57 bits per heavy atom. The molecule has 0 unspecified atom stereocenters. The molecule has 1 aromatic rings. The number of carbonyl (C=O) groups is 2. The summed E-state index contributed by atoms with van der Waals surface area (Å²) in [5.41, 5.74) is 0.792. The third-order valence-corrected chi connectivity index (χ3v) is 11.2. The van der Waals surface area contributed by atoms with Crippen molar-refractivity contribution in [1.29, 1.82) is 0 Å². The van der Waals surface area contributed by atoms with Crippen molar-refractivity contribution in [3.05, 3.63) is 35.9 Å². The summed E-state index contributed by atoms with van der Waals surface area (Å²) in [6, 6.07) is 9.25. The largest absolute Gasteiger partial charge is 0.479 e. The van der Waals surface area contributed by atoms with Crippen molar-refractivity contribution in [2.45, 2.75) is 164 Å². The van der Waals surface area contributed by atoms with Crippen LogP contribution < -0.4 is 0 Å². The molecular formula is C38H58O15. The highest BCUT2D eigenvalue weighted by Crippen LogP contribution is 2.39. The van der Waals surface area contributed by atoms with Gasteiger partial charge in [-0.05, 0) is 50.0 Å². The van der Waals surface area contributed by atoms with Crippen LogP contribution in [0.1, 0.15) is 83.1 Å². The minimum absolute atomic E-state index is 0.0397. The minimum Gasteiger partial charge on any atom is -0.479 e. The minimum atomic E-state index is -1.60. The lowest BCUT2D eigenvalue weighted by molar-refractivity contribution is -0.354. The topological polar surface area (TPSA) is 220 Å². The fraction of sp³-hybridized carbons (Fsp3) is 0.789. The van der Waals surface area contributed by atoms with Crippen molar-refractivity contribution in [3.63, 3.8) is 0 Å². The normalized spacial score (nSPS) is 37.5. The number of esters is 1. The van der Waals surface area contributed by atoms with Crippen LogP contribution in [-0.2, 0) is 49.4 Å². The van der Waals surface area contributed by atoms with Crippen molar-refractivity contribution >= 4 is 11.9 Å². The molecule has 14 atom stereocenters. The molecule has 0 radical (unpaired) electrons. The number of methoxy groups -OCH3 is 1. The second-order valence-corrected chi connectivity index (χ2v) is 14.9. The fourth-order valence-corrected chi connectivity index (χ4v) is 8.10. The fourth-order valence-electron chi connectivity index (χ4n) is 8.10. The molecule has 2 saturated heterocycles. The first-order chi connectivity index (χ1) is 25.5. The van der Waals surface area contributed by atoms with Crippen LogP contribution >= 0.6 is 0 Å². The zero-order valence-corrected chi connectivity index (χ0v) is 30.6. The number of carbonyl (C=O) groups excluding carboxylic acids is 1. The molecule has 0 aromatic heterocycles. The van der Waals surface area contributed by atoms with Gasteiger partial charge < -0.3 is 63.8 Å². The highest BCUT2D eigenvalue weighted by Gasteiger charge is 2.52. The van der Waals surface area contributed by atoms with E-state index in [1.807, 2.05) is 30.3 Å². The summed E-state index contributed by atoms with van der Waals surface area (Å²) in [6.45, 7) is 0.959. The maximum Gasteiger partial charge on any atom is 0.332 e. The number of carboxylic acid groups (broad SMARTS) is 1. The number of rotatable bonds is 16. The second-order valence-electron chi connectivity index (χ2n) is 14.9. The van der Waals surface area contributed by atoms with Crippen LogP contribution in [0.2, 0.25) is 0 Å². The SMILES string of the molecule is COC(=O)CC[C@H]1CCC[C@@H](O[C@H]2O[C@H](CO)[C@H](O)[C@H](O[C@@H](CC3CCCCC3)C(=O)O)[C@H]2OCc2ccccc2)[C@H]1O[C@@H]1O[C@H](C)[C@H](O)[C@H](O)[C@H]1O. The number of hydrogen-bond donors (Lipinski definition) is 6. The summed E-state index contributed by atoms with van der Waals surface area (Å²) < 4.78 is 42.6. The Kier molecular flexibility index (Phi) is 15.8. The Labute approximate surface area is 310 Å². The number of ether oxygens (including phenoxy) is 7. The first-order valence-corrected chi connectivity index (χ1v) is 19.1. The molecule has 5 rings (SSSR count). The smallest absolute Gasteiger partial charge is 0.332 e. The summed E-state index contributed by atoms with van der Waals surface area (Å²) in [4.78, 5) is 24.8. The van der Waals surface area contributed by atoms with Crippen molar-refractivity contribution in [3.8, 4) is 0 Å². The maximum atomic E-state index is 12.6. The lowest BCUT2D eigenvalue weighted by Gasteiger charge is -2.48. The van der Waals surface area contributed by atoms with Gasteiger partial charge in [0.2, 0.25) is 0 Å². The van der Waals surface area contributed by atoms with Crippen LogP contribution in [0.3, 0.4) is 0 Å². The summed E-state index contributed by atoms with van der Waals surface area (Å²) in [5, 5.41) is 63.9. The van der Waals surface area contributed by atoms with Gasteiger partial charge in [-0.1, -0.05) is 68.9 Å². The van der Waals surface area contributed by atoms with Crippen molar-refractivity contribution in [2.24, 2.45) is 11.8 Å². The van der Waals surface area contributed by atoms with E-state index >= 15 is 0 Å². The molecule has 6 N–H and O–H groups in total. The number of carboxylic acids is 1. The molecule has 0 spiro atoms. The lowest BCUT2D eigenvalue weighted by Crippen LogP contribution is -2.63. The third kappa shape index (κ3) is 10.9. The zero-order valence-electron chi connectivity index (χ0n) is 30.6. The molecule has 53 heavy (non-hydrogen) atoms. The number of aliphatic hydroxyl groups excluding tert-OH is 5. The van der Waals surface area contributed by atoms with E-state index in [1.54, 1.807) is 6.92 Å². The number of aliphatic carboxylic acids is 1. The van der Waals surface area contributed by atoms with Gasteiger partial charge in [0, 0.05) is 6.42 Å². The van der Waals surface area contributed by atoms with E-state index < -0.39 is 98.3 Å². The molecule has 300 valence electrons. The summed E-state index contributed by atoms with van der Waals surface area (Å²) >= 11 is 0. The predicted molar refractivity (Wildman–Crippen MR) is 185 cm³/mol. The standard InChI is InChI=1S/C38H58O15/c1-21-29(41)31(43)32(44)37(49-21)53-33-24(16-17-28(40)47-2)14-9-15-25(33)51-38-35(48-20-23-12-7-4-8-13-23)34(30(42)27(19-39)52-38)50-26(36(45)46)18-22-10-5-3-6-11-22/h4,7-8,12-13,21-22,24-27,29-35,37-39,41-44H,3,5-6,9-11,14-20H2,1-2H3,(H,45,46)/t21-,24-,25-,26+,27-,29+,30+,31+,32-,33+,34+,35-,37+,38+/m1/s1. The molecular weight excluding hydrogens is 696 g/mol. The Bertz CT molecular complexity index is 1260. The van der Waals surface area contributed by atoms with Crippen LogP contribution in [0.25, 0.3) is 0 Å². The molecule has 4 fully saturated rings. The van der Waals surface area contributed by atoms with Gasteiger partial charge in [0.1, 0.15) is 42.7 Å². The molecule has 4 aliphatic rings. The maximum absolute atomic E-state index is 12.6. The zero-order chi connectivity index (χ0) is 38.1. The first kappa shape index (κ1) is 41.9. The molecule has 2 saturated carbocycles. The van der Waals surface area contributed by atoms with E-state index in [0.29, 0.717) is 25.7 Å². The summed E-state index contributed by atoms with van der Waals surface area (Å²) in [5.74, 6) is -1.75. The molecule has 1 aromatic carbocycles. The Hall–Kier alpha value is -2.28. The molecule has 0 amide bonds. The van der Waals surface area contributed by atoms with E-state index in [4.69, 9.17) is 33.2 Å². The molecule has 2 aliphatic heterocycles. The summed E-state index contributed by atoms with van der Waals surface area (Å²) in [7, 11) is 1.30. The van der Waals surface area contributed by atoms with E-state index in [0.717, 1.165) is 37.7 Å². The van der Waals surface area contributed by atoms with Gasteiger partial charge >= 0.3 is 11.9 Å². The van der Waals surface area contributed by atoms with Crippen molar-refractivity contribution < 1.29 is 73.4 Å². The average Bonchev–Trinajstić information content (AvgIpc) is 3.17. The van der Waals surface area contributed by atoms with Gasteiger partial charge in [-0.2, -0.15) is 0 Å². The second kappa shape index (κ2) is 20.1. The Balaban J connectivity index is 1.44. The van der Waals surface area contributed by atoms with Gasteiger partial charge in [0.15, 0.2) is 18.7 Å². The Morgan fingerprint density at radius 1 is 0.830 bits per heavy atom. The van der Waals surface area contributed by atoms with E-state index in [9.17, 15) is 40.2 Å². The number of benzene rings is 1. The van der Waals surface area contributed by atoms with Gasteiger partial charge in [0.25, 0.3) is 0 Å². The van der Waals surface area contributed by atoms with Crippen LogP contribution in [0.4, 0.5) is 0 Å². The van der Waals surface area contributed by atoms with E-state index in [1.165, 1.54) is 7.11 Å². The highest BCUT2D eigenvalue weighted by atomic mass is 16.7. The van der Waals surface area contributed by atoms with Crippen LogP contribution in [0.15, 0.2) is 30.3 Å². The van der Waals surface area contributed by atoms with E-state index in [2.05, 4.69) is 0 Å². The molecule has 2 aliphatic carbocycles. The van der Waals surface area contributed by atoms with Gasteiger partial charge in [-0.15, -0.1) is 0 Å². The predicted octanol–water partition coefficient (Wildman–Crippen LogP) is 1.81. The molecule has 15 heteroatoms. The quantitative estimate of drug-likeness (QED) is 0.133. The lowest BCUT2D eigenvalue weighted by atomic mass is 9.81. The molecule has 2 heterocycles.